The van der Waals surface area contributed by atoms with Crippen LogP contribution in [0.1, 0.15) is 19.4 Å². The highest BCUT2D eigenvalue weighted by Crippen LogP contribution is 2.19. The molecule has 2 amide bonds. The number of amides is 2. The minimum absolute atomic E-state index is 0.206. The average Bonchev–Trinajstić information content (AvgIpc) is 2.44. The molecule has 1 rings (SSSR count). The monoisotopic (exact) mass is 274 g/mol. The molecule has 0 aliphatic carbocycles. The van der Waals surface area contributed by atoms with Crippen molar-refractivity contribution in [2.45, 2.75) is 20.4 Å². The number of hydrogen-bond acceptors (Lipinski definition) is 2. The highest BCUT2D eigenvalue weighted by molar-refractivity contribution is 6.04. The third kappa shape index (κ3) is 3.95. The van der Waals surface area contributed by atoms with E-state index in [1.54, 1.807) is 31.9 Å². The van der Waals surface area contributed by atoms with Gasteiger partial charge in [-0.3, -0.25) is 9.59 Å². The van der Waals surface area contributed by atoms with Crippen LogP contribution in [0.2, 0.25) is 0 Å². The lowest BCUT2D eigenvalue weighted by atomic mass is 9.90. The van der Waals surface area contributed by atoms with Gasteiger partial charge in [0.1, 0.15) is 5.41 Å². The topological polar surface area (TPSA) is 49.4 Å². The Hall–Kier alpha value is -2.10. The van der Waals surface area contributed by atoms with Crippen molar-refractivity contribution < 1.29 is 9.59 Å². The Bertz CT molecular complexity index is 481. The van der Waals surface area contributed by atoms with Gasteiger partial charge in [0, 0.05) is 20.1 Å². The second-order valence-electron chi connectivity index (χ2n) is 5.27. The van der Waals surface area contributed by atoms with E-state index in [1.165, 1.54) is 0 Å². The molecule has 0 aromatic heterocycles. The Kier molecular flexibility index (Phi) is 5.50. The molecule has 1 N–H and O–H groups in total. The predicted molar refractivity (Wildman–Crippen MR) is 79.9 cm³/mol. The SMILES string of the molecule is C=CCNC(=O)C(C)(C)C(=O)N(C)Cc1ccccc1. The highest BCUT2D eigenvalue weighted by atomic mass is 16.2. The van der Waals surface area contributed by atoms with E-state index in [-0.39, 0.29) is 11.8 Å². The zero-order chi connectivity index (χ0) is 15.2. The van der Waals surface area contributed by atoms with E-state index < -0.39 is 5.41 Å². The molecule has 4 nitrogen and oxygen atoms in total. The van der Waals surface area contributed by atoms with Crippen molar-refractivity contribution in [2.24, 2.45) is 5.41 Å². The van der Waals surface area contributed by atoms with Crippen LogP contribution in [-0.4, -0.2) is 30.3 Å². The third-order valence-corrected chi connectivity index (χ3v) is 3.12. The van der Waals surface area contributed by atoms with E-state index in [1.807, 2.05) is 30.3 Å². The van der Waals surface area contributed by atoms with E-state index >= 15 is 0 Å². The van der Waals surface area contributed by atoms with Crippen LogP contribution in [-0.2, 0) is 16.1 Å². The summed E-state index contributed by atoms with van der Waals surface area (Å²) in [5, 5.41) is 2.67. The quantitative estimate of drug-likeness (QED) is 0.637. The van der Waals surface area contributed by atoms with Crippen molar-refractivity contribution in [3.63, 3.8) is 0 Å². The van der Waals surface area contributed by atoms with E-state index in [4.69, 9.17) is 0 Å². The zero-order valence-electron chi connectivity index (χ0n) is 12.3. The van der Waals surface area contributed by atoms with E-state index in [0.29, 0.717) is 13.1 Å². The van der Waals surface area contributed by atoms with Crippen LogP contribution in [0.15, 0.2) is 43.0 Å². The number of nitrogens with one attached hydrogen (secondary N) is 1. The van der Waals surface area contributed by atoms with Crippen LogP contribution in [0, 0.1) is 5.41 Å². The van der Waals surface area contributed by atoms with Gasteiger partial charge in [0.15, 0.2) is 0 Å². The maximum Gasteiger partial charge on any atom is 0.237 e. The highest BCUT2D eigenvalue weighted by Gasteiger charge is 2.37. The van der Waals surface area contributed by atoms with Crippen LogP contribution in [0.5, 0.6) is 0 Å². The summed E-state index contributed by atoms with van der Waals surface area (Å²) in [4.78, 5) is 26.0. The number of carbonyl (C=O) groups excluding carboxylic acids is 2. The minimum Gasteiger partial charge on any atom is -0.352 e. The van der Waals surface area contributed by atoms with E-state index in [2.05, 4.69) is 11.9 Å². The smallest absolute Gasteiger partial charge is 0.237 e. The largest absolute Gasteiger partial charge is 0.352 e. The Morgan fingerprint density at radius 2 is 1.90 bits per heavy atom. The van der Waals surface area contributed by atoms with Crippen molar-refractivity contribution in [3.05, 3.63) is 48.6 Å². The van der Waals surface area contributed by atoms with Crippen LogP contribution in [0.3, 0.4) is 0 Å². The summed E-state index contributed by atoms with van der Waals surface area (Å²) in [5.41, 5.74) is -0.0577. The maximum atomic E-state index is 12.4. The molecule has 0 spiro atoms. The van der Waals surface area contributed by atoms with Crippen molar-refractivity contribution in [3.8, 4) is 0 Å². The molecule has 1 aromatic rings. The van der Waals surface area contributed by atoms with E-state index in [0.717, 1.165) is 5.56 Å². The Labute approximate surface area is 120 Å². The molecule has 0 aliphatic heterocycles. The van der Waals surface area contributed by atoms with Gasteiger partial charge in [-0.15, -0.1) is 6.58 Å². The summed E-state index contributed by atoms with van der Waals surface area (Å²) in [6.45, 7) is 7.65. The molecule has 0 radical (unpaired) electrons. The molecule has 0 bridgehead atoms. The molecular formula is C16H22N2O2. The van der Waals surface area contributed by atoms with Crippen LogP contribution in [0.25, 0.3) is 0 Å². The molecule has 0 saturated heterocycles. The first-order valence-electron chi connectivity index (χ1n) is 6.58. The third-order valence-electron chi connectivity index (χ3n) is 3.12. The molecule has 0 atom stereocenters. The normalized spacial score (nSPS) is 10.8. The van der Waals surface area contributed by atoms with Crippen LogP contribution >= 0.6 is 0 Å². The molecule has 0 saturated carbocycles. The first-order valence-corrected chi connectivity index (χ1v) is 6.58. The number of rotatable bonds is 6. The van der Waals surface area contributed by atoms with Crippen molar-refractivity contribution in [1.29, 1.82) is 0 Å². The zero-order valence-corrected chi connectivity index (χ0v) is 12.3. The Morgan fingerprint density at radius 1 is 1.30 bits per heavy atom. The average molecular weight is 274 g/mol. The summed E-state index contributed by atoms with van der Waals surface area (Å²) in [6, 6.07) is 9.69. The first-order chi connectivity index (χ1) is 9.39. The number of benzene rings is 1. The van der Waals surface area contributed by atoms with Gasteiger partial charge >= 0.3 is 0 Å². The summed E-state index contributed by atoms with van der Waals surface area (Å²) in [5.74, 6) is -0.495. The van der Waals surface area contributed by atoms with Gasteiger partial charge in [-0.2, -0.15) is 0 Å². The second kappa shape index (κ2) is 6.89. The molecule has 1 aromatic carbocycles. The number of hydrogen-bond donors (Lipinski definition) is 1. The Balaban J connectivity index is 2.72. The molecule has 108 valence electrons. The van der Waals surface area contributed by atoms with Gasteiger partial charge in [0.25, 0.3) is 0 Å². The lowest BCUT2D eigenvalue weighted by Gasteiger charge is -2.28. The first kappa shape index (κ1) is 16.0. The summed E-state index contributed by atoms with van der Waals surface area (Å²) < 4.78 is 0. The standard InChI is InChI=1S/C16H22N2O2/c1-5-11-17-14(19)16(2,3)15(20)18(4)12-13-9-7-6-8-10-13/h5-10H,1,11-12H2,2-4H3,(H,17,19). The van der Waals surface area contributed by atoms with E-state index in [9.17, 15) is 9.59 Å². The summed E-state index contributed by atoms with van der Waals surface area (Å²) >= 11 is 0. The van der Waals surface area contributed by atoms with Gasteiger partial charge in [-0.25, -0.2) is 0 Å². The van der Waals surface area contributed by atoms with Gasteiger partial charge in [-0.05, 0) is 19.4 Å². The van der Waals surface area contributed by atoms with Crippen molar-refractivity contribution >= 4 is 11.8 Å². The second-order valence-corrected chi connectivity index (χ2v) is 5.27. The molecule has 0 unspecified atom stereocenters. The van der Waals surface area contributed by atoms with Gasteiger partial charge < -0.3 is 10.2 Å². The molecule has 20 heavy (non-hydrogen) atoms. The van der Waals surface area contributed by atoms with Gasteiger partial charge in [0.05, 0.1) is 0 Å². The Morgan fingerprint density at radius 3 is 2.45 bits per heavy atom. The van der Waals surface area contributed by atoms with Gasteiger partial charge in [-0.1, -0.05) is 36.4 Å². The molecule has 4 heteroatoms. The fourth-order valence-electron chi connectivity index (χ4n) is 1.89. The minimum atomic E-state index is -1.09. The molecule has 0 aliphatic rings. The number of carbonyl (C=O) groups is 2. The predicted octanol–water partition coefficient (Wildman–Crippen LogP) is 1.97. The number of nitrogens with zero attached hydrogens (tertiary/aromatic N) is 1. The lowest BCUT2D eigenvalue weighted by Crippen LogP contribution is -2.48. The maximum absolute atomic E-state index is 12.4. The van der Waals surface area contributed by atoms with Gasteiger partial charge in [0.2, 0.25) is 11.8 Å². The lowest BCUT2D eigenvalue weighted by molar-refractivity contribution is -0.147. The molecule has 0 heterocycles. The molecule has 0 fully saturated rings. The fraction of sp³-hybridized carbons (Fsp3) is 0.375. The van der Waals surface area contributed by atoms with Crippen molar-refractivity contribution in [2.75, 3.05) is 13.6 Å². The van der Waals surface area contributed by atoms with Crippen molar-refractivity contribution in [1.82, 2.24) is 10.2 Å². The van der Waals surface area contributed by atoms with Crippen LogP contribution in [0.4, 0.5) is 0 Å². The fourth-order valence-corrected chi connectivity index (χ4v) is 1.89. The summed E-state index contributed by atoms with van der Waals surface area (Å²) in [6.07, 6.45) is 1.59. The molecular weight excluding hydrogens is 252 g/mol. The van der Waals surface area contributed by atoms with Crippen LogP contribution < -0.4 is 5.32 Å². The summed E-state index contributed by atoms with van der Waals surface area (Å²) in [7, 11) is 1.71.